The summed E-state index contributed by atoms with van der Waals surface area (Å²) in [6.45, 7) is 3.87. The van der Waals surface area contributed by atoms with Crippen LogP contribution in [0.3, 0.4) is 0 Å². The van der Waals surface area contributed by atoms with Crippen LogP contribution >= 0.6 is 0 Å². The molecule has 1 aromatic heterocycles. The van der Waals surface area contributed by atoms with Crippen molar-refractivity contribution in [3.8, 4) is 11.3 Å². The molecule has 0 atom stereocenters. The number of hydrogen-bond donors (Lipinski definition) is 0. The van der Waals surface area contributed by atoms with E-state index in [1.807, 2.05) is 56.3 Å². The Morgan fingerprint density at radius 3 is 2.21 bits per heavy atom. The number of furan rings is 1. The molecule has 29 heavy (non-hydrogen) atoms. The minimum atomic E-state index is -3.27. The van der Waals surface area contributed by atoms with Crippen molar-refractivity contribution >= 4 is 21.4 Å². The summed E-state index contributed by atoms with van der Waals surface area (Å²) in [7, 11) is -3.27. The normalized spacial score (nSPS) is 11.6. The second-order valence-electron chi connectivity index (χ2n) is 7.26. The van der Waals surface area contributed by atoms with Crippen LogP contribution < -0.4 is 4.90 Å². The first-order chi connectivity index (χ1) is 13.8. The van der Waals surface area contributed by atoms with E-state index < -0.39 is 9.84 Å². The highest BCUT2D eigenvalue weighted by atomic mass is 32.2. The molecule has 6 heteroatoms. The Morgan fingerprint density at radius 1 is 0.966 bits per heavy atom. The van der Waals surface area contributed by atoms with Gasteiger partial charge in [0.15, 0.2) is 9.84 Å². The van der Waals surface area contributed by atoms with Crippen LogP contribution in [0.1, 0.15) is 26.0 Å². The fourth-order valence-electron chi connectivity index (χ4n) is 3.20. The van der Waals surface area contributed by atoms with Gasteiger partial charge in [0.05, 0.1) is 4.90 Å². The van der Waals surface area contributed by atoms with Crippen molar-refractivity contribution in [1.29, 1.82) is 0 Å². The zero-order valence-electron chi connectivity index (χ0n) is 16.8. The number of carbonyl (C=O) groups excluding carboxylic acids is 1. The highest BCUT2D eigenvalue weighted by molar-refractivity contribution is 7.90. The Bertz CT molecular complexity index is 1070. The molecular formula is C23H25NO4S. The van der Waals surface area contributed by atoms with Gasteiger partial charge in [0.25, 0.3) is 0 Å². The molecule has 5 nitrogen and oxygen atoms in total. The fourth-order valence-corrected chi connectivity index (χ4v) is 3.83. The minimum absolute atomic E-state index is 0.0373. The van der Waals surface area contributed by atoms with Crippen molar-refractivity contribution in [1.82, 2.24) is 0 Å². The van der Waals surface area contributed by atoms with E-state index in [9.17, 15) is 13.2 Å². The van der Waals surface area contributed by atoms with Crippen molar-refractivity contribution in [2.75, 3.05) is 11.2 Å². The smallest absolute Gasteiger partial charge is 0.227 e. The monoisotopic (exact) mass is 411 g/mol. The zero-order valence-corrected chi connectivity index (χ0v) is 17.6. The van der Waals surface area contributed by atoms with Crippen LogP contribution in [0.2, 0.25) is 0 Å². The molecule has 0 bridgehead atoms. The van der Waals surface area contributed by atoms with Gasteiger partial charge in [-0.15, -0.1) is 0 Å². The number of anilines is 1. The third-order valence-corrected chi connectivity index (χ3v) is 5.76. The maximum absolute atomic E-state index is 12.9. The van der Waals surface area contributed by atoms with Crippen molar-refractivity contribution < 1.29 is 17.6 Å². The Kier molecular flexibility index (Phi) is 6.23. The number of benzene rings is 2. The summed E-state index contributed by atoms with van der Waals surface area (Å²) < 4.78 is 29.2. The van der Waals surface area contributed by atoms with Crippen LogP contribution in [0.5, 0.6) is 0 Å². The second kappa shape index (κ2) is 8.66. The summed E-state index contributed by atoms with van der Waals surface area (Å²) in [4.78, 5) is 14.8. The maximum atomic E-state index is 12.9. The number of amides is 1. The van der Waals surface area contributed by atoms with Gasteiger partial charge < -0.3 is 9.32 Å². The summed E-state index contributed by atoms with van der Waals surface area (Å²) >= 11 is 0. The van der Waals surface area contributed by atoms with E-state index in [1.54, 1.807) is 17.0 Å². The minimum Gasteiger partial charge on any atom is -0.461 e. The molecule has 0 unspecified atom stereocenters. The van der Waals surface area contributed by atoms with Gasteiger partial charge in [-0.3, -0.25) is 4.79 Å². The quantitative estimate of drug-likeness (QED) is 0.564. The molecule has 0 spiro atoms. The van der Waals surface area contributed by atoms with Crippen molar-refractivity contribution in [2.24, 2.45) is 0 Å². The Morgan fingerprint density at radius 2 is 1.62 bits per heavy atom. The molecule has 1 heterocycles. The van der Waals surface area contributed by atoms with E-state index >= 15 is 0 Å². The van der Waals surface area contributed by atoms with Crippen LogP contribution in [-0.2, 0) is 21.1 Å². The number of sulfone groups is 1. The van der Waals surface area contributed by atoms with Crippen LogP contribution in [-0.4, -0.2) is 26.6 Å². The first-order valence-electron chi connectivity index (χ1n) is 9.52. The molecule has 2 aromatic carbocycles. The molecule has 3 aromatic rings. The molecule has 0 saturated heterocycles. The predicted octanol–water partition coefficient (Wildman–Crippen LogP) is 4.72. The van der Waals surface area contributed by atoms with Gasteiger partial charge in [-0.05, 0) is 50.2 Å². The van der Waals surface area contributed by atoms with E-state index in [0.717, 1.165) is 17.1 Å². The molecular weight excluding hydrogens is 386 g/mol. The van der Waals surface area contributed by atoms with Gasteiger partial charge in [-0.25, -0.2) is 8.42 Å². The van der Waals surface area contributed by atoms with Crippen LogP contribution in [0.25, 0.3) is 11.3 Å². The first kappa shape index (κ1) is 20.9. The fraction of sp³-hybridized carbons (Fsp3) is 0.261. The molecule has 0 N–H and O–H groups in total. The Hall–Kier alpha value is -2.86. The van der Waals surface area contributed by atoms with E-state index in [4.69, 9.17) is 4.42 Å². The number of hydrogen-bond acceptors (Lipinski definition) is 4. The van der Waals surface area contributed by atoms with E-state index in [2.05, 4.69) is 0 Å². The van der Waals surface area contributed by atoms with Gasteiger partial charge in [0, 0.05) is 36.4 Å². The van der Waals surface area contributed by atoms with Crippen molar-refractivity contribution in [2.45, 2.75) is 37.6 Å². The standard InChI is InChI=1S/C23H25NO4S/c1-17(2)24(19-9-13-21(14-10-19)29(3,26)27)23(25)16-12-20-11-15-22(28-20)18-7-5-4-6-8-18/h4-11,13-15,17H,12,16H2,1-3H3. The first-order valence-corrected chi connectivity index (χ1v) is 11.4. The molecule has 0 fully saturated rings. The third kappa shape index (κ3) is 5.15. The zero-order chi connectivity index (χ0) is 21.0. The second-order valence-corrected chi connectivity index (χ2v) is 9.27. The molecule has 152 valence electrons. The lowest BCUT2D eigenvalue weighted by Gasteiger charge is -2.27. The lowest BCUT2D eigenvalue weighted by atomic mass is 10.1. The average Bonchev–Trinajstić information content (AvgIpc) is 3.16. The van der Waals surface area contributed by atoms with E-state index in [0.29, 0.717) is 18.5 Å². The Labute approximate surface area is 171 Å². The van der Waals surface area contributed by atoms with Crippen LogP contribution in [0.4, 0.5) is 5.69 Å². The lowest BCUT2D eigenvalue weighted by molar-refractivity contribution is -0.119. The SMILES string of the molecule is CC(C)N(C(=O)CCc1ccc(-c2ccccc2)o1)c1ccc(S(C)(=O)=O)cc1. The lowest BCUT2D eigenvalue weighted by Crippen LogP contribution is -2.37. The summed E-state index contributed by atoms with van der Waals surface area (Å²) in [6, 6.07) is 20.0. The predicted molar refractivity (Wildman–Crippen MR) is 115 cm³/mol. The van der Waals surface area contributed by atoms with E-state index in [1.165, 1.54) is 18.4 Å². The highest BCUT2D eigenvalue weighted by Crippen LogP contribution is 2.24. The topological polar surface area (TPSA) is 67.6 Å². The number of rotatable bonds is 7. The van der Waals surface area contributed by atoms with Crippen LogP contribution in [0.15, 0.2) is 76.0 Å². The van der Waals surface area contributed by atoms with Gasteiger partial charge in [-0.1, -0.05) is 30.3 Å². The summed E-state index contributed by atoms with van der Waals surface area (Å²) in [5.74, 6) is 1.50. The molecule has 0 aliphatic heterocycles. The molecule has 1 amide bonds. The van der Waals surface area contributed by atoms with Crippen LogP contribution in [0, 0.1) is 0 Å². The highest BCUT2D eigenvalue weighted by Gasteiger charge is 2.20. The number of carbonyl (C=O) groups is 1. The van der Waals surface area contributed by atoms with Crippen molar-refractivity contribution in [3.05, 3.63) is 72.5 Å². The summed E-state index contributed by atoms with van der Waals surface area (Å²) in [5.41, 5.74) is 1.68. The van der Waals surface area contributed by atoms with Gasteiger partial charge in [0.1, 0.15) is 11.5 Å². The van der Waals surface area contributed by atoms with Crippen molar-refractivity contribution in [3.63, 3.8) is 0 Å². The Balaban J connectivity index is 1.70. The molecule has 0 radical (unpaired) electrons. The average molecular weight is 412 g/mol. The largest absolute Gasteiger partial charge is 0.461 e. The molecule has 0 aliphatic carbocycles. The molecule has 0 saturated carbocycles. The van der Waals surface area contributed by atoms with Gasteiger partial charge >= 0.3 is 0 Å². The maximum Gasteiger partial charge on any atom is 0.227 e. The number of aryl methyl sites for hydroxylation is 1. The third-order valence-electron chi connectivity index (χ3n) is 4.63. The summed E-state index contributed by atoms with van der Waals surface area (Å²) in [5, 5.41) is 0. The van der Waals surface area contributed by atoms with Gasteiger partial charge in [0.2, 0.25) is 5.91 Å². The summed E-state index contributed by atoms with van der Waals surface area (Å²) in [6.07, 6.45) is 1.96. The number of nitrogens with zero attached hydrogens (tertiary/aromatic N) is 1. The van der Waals surface area contributed by atoms with E-state index in [-0.39, 0.29) is 16.8 Å². The van der Waals surface area contributed by atoms with Gasteiger partial charge in [-0.2, -0.15) is 0 Å². The molecule has 3 rings (SSSR count). The molecule has 0 aliphatic rings.